The second-order valence-corrected chi connectivity index (χ2v) is 5.71. The van der Waals surface area contributed by atoms with Crippen molar-refractivity contribution < 1.29 is 4.79 Å². The quantitative estimate of drug-likeness (QED) is 0.885. The molecule has 6 heteroatoms. The van der Waals surface area contributed by atoms with E-state index in [1.807, 2.05) is 11.4 Å². The molecule has 1 atom stereocenters. The molecule has 1 amide bonds. The summed E-state index contributed by atoms with van der Waals surface area (Å²) >= 11 is 4.83. The van der Waals surface area contributed by atoms with E-state index in [1.165, 1.54) is 24.2 Å². The maximum atomic E-state index is 11.7. The Kier molecular flexibility index (Phi) is 6.48. The van der Waals surface area contributed by atoms with Crippen molar-refractivity contribution in [2.45, 2.75) is 25.3 Å². The fourth-order valence-corrected chi connectivity index (χ4v) is 3.37. The van der Waals surface area contributed by atoms with Crippen LogP contribution in [0.4, 0.5) is 0 Å². The van der Waals surface area contributed by atoms with Gasteiger partial charge in [-0.05, 0) is 53.2 Å². The van der Waals surface area contributed by atoms with Gasteiger partial charge in [-0.1, -0.05) is 0 Å². The molecule has 0 bridgehead atoms. The molecule has 2 heterocycles. The van der Waals surface area contributed by atoms with E-state index in [-0.39, 0.29) is 18.3 Å². The average Bonchev–Trinajstić information content (AvgIpc) is 2.88. The van der Waals surface area contributed by atoms with Crippen molar-refractivity contribution in [3.8, 4) is 0 Å². The van der Waals surface area contributed by atoms with E-state index >= 15 is 0 Å². The van der Waals surface area contributed by atoms with Crippen LogP contribution in [0.5, 0.6) is 0 Å². The third kappa shape index (κ3) is 4.25. The van der Waals surface area contributed by atoms with Gasteiger partial charge < -0.3 is 10.6 Å². The monoisotopic (exact) mass is 338 g/mol. The molecule has 2 N–H and O–H groups in total. The molecule has 1 aromatic rings. The third-order valence-corrected chi connectivity index (χ3v) is 4.60. The van der Waals surface area contributed by atoms with Crippen molar-refractivity contribution in [2.24, 2.45) is 0 Å². The number of nitrogens with one attached hydrogen (secondary N) is 2. The number of hydrogen-bond acceptors (Lipinski definition) is 3. The number of carbonyl (C=O) groups is 1. The molecule has 96 valence electrons. The van der Waals surface area contributed by atoms with E-state index in [9.17, 15) is 4.79 Å². The summed E-state index contributed by atoms with van der Waals surface area (Å²) in [6.07, 6.45) is 3.52. The lowest BCUT2D eigenvalue weighted by molar-refractivity contribution is 0.0955. The first kappa shape index (κ1) is 15.0. The molecule has 1 aromatic heterocycles. The Morgan fingerprint density at radius 3 is 3.06 bits per heavy atom. The predicted octanol–water partition coefficient (Wildman–Crippen LogP) is 2.80. The Labute approximate surface area is 120 Å². The van der Waals surface area contributed by atoms with E-state index in [0.29, 0.717) is 6.04 Å². The van der Waals surface area contributed by atoms with Gasteiger partial charge in [0.2, 0.25) is 0 Å². The number of thiophene rings is 1. The van der Waals surface area contributed by atoms with Gasteiger partial charge >= 0.3 is 0 Å². The standard InChI is InChI=1S/C11H15BrN2OS.ClH/c12-9-4-7-16-10(9)11(15)14-6-3-8-2-1-5-13-8;/h4,7-8,13H,1-3,5-6H2,(H,14,15);1H/t8-;/m1./s1. The maximum absolute atomic E-state index is 11.7. The van der Waals surface area contributed by atoms with Crippen molar-refractivity contribution in [1.29, 1.82) is 0 Å². The molecule has 0 spiro atoms. The molecule has 0 aromatic carbocycles. The van der Waals surface area contributed by atoms with Crippen LogP contribution in [-0.2, 0) is 0 Å². The lowest BCUT2D eigenvalue weighted by Crippen LogP contribution is -2.30. The van der Waals surface area contributed by atoms with Gasteiger partial charge in [-0.3, -0.25) is 4.79 Å². The summed E-state index contributed by atoms with van der Waals surface area (Å²) in [5, 5.41) is 8.29. The minimum atomic E-state index is 0. The zero-order valence-electron chi connectivity index (χ0n) is 9.37. The smallest absolute Gasteiger partial charge is 0.262 e. The highest BCUT2D eigenvalue weighted by Crippen LogP contribution is 2.22. The van der Waals surface area contributed by atoms with Gasteiger partial charge in [0, 0.05) is 17.1 Å². The summed E-state index contributed by atoms with van der Waals surface area (Å²) in [5.41, 5.74) is 0. The van der Waals surface area contributed by atoms with Crippen LogP contribution in [0.3, 0.4) is 0 Å². The number of amides is 1. The topological polar surface area (TPSA) is 41.1 Å². The Morgan fingerprint density at radius 1 is 1.65 bits per heavy atom. The Balaban J connectivity index is 0.00000144. The van der Waals surface area contributed by atoms with Crippen LogP contribution in [0.25, 0.3) is 0 Å². The van der Waals surface area contributed by atoms with E-state index in [1.54, 1.807) is 0 Å². The van der Waals surface area contributed by atoms with Crippen LogP contribution in [0.1, 0.15) is 28.9 Å². The van der Waals surface area contributed by atoms with Crippen LogP contribution in [-0.4, -0.2) is 25.0 Å². The van der Waals surface area contributed by atoms with Crippen LogP contribution in [0, 0.1) is 0 Å². The first-order valence-electron chi connectivity index (χ1n) is 5.52. The Hall–Kier alpha value is -0.100. The highest BCUT2D eigenvalue weighted by atomic mass is 79.9. The molecular weight excluding hydrogens is 324 g/mol. The van der Waals surface area contributed by atoms with E-state index < -0.39 is 0 Å². The van der Waals surface area contributed by atoms with Crippen LogP contribution >= 0.6 is 39.7 Å². The molecule has 0 unspecified atom stereocenters. The van der Waals surface area contributed by atoms with Crippen LogP contribution in [0.15, 0.2) is 15.9 Å². The summed E-state index contributed by atoms with van der Waals surface area (Å²) < 4.78 is 0.883. The number of halogens is 2. The highest BCUT2D eigenvalue weighted by Gasteiger charge is 2.15. The first-order valence-corrected chi connectivity index (χ1v) is 7.19. The molecule has 2 rings (SSSR count). The minimum absolute atomic E-state index is 0. The van der Waals surface area contributed by atoms with Crippen molar-refractivity contribution in [3.05, 3.63) is 20.8 Å². The largest absolute Gasteiger partial charge is 0.351 e. The van der Waals surface area contributed by atoms with Crippen molar-refractivity contribution >= 4 is 45.6 Å². The molecule has 1 aliphatic heterocycles. The summed E-state index contributed by atoms with van der Waals surface area (Å²) in [4.78, 5) is 12.5. The number of carbonyl (C=O) groups excluding carboxylic acids is 1. The predicted molar refractivity (Wildman–Crippen MR) is 77.2 cm³/mol. The lowest BCUT2D eigenvalue weighted by Gasteiger charge is -2.10. The fourth-order valence-electron chi connectivity index (χ4n) is 1.90. The SMILES string of the molecule is Cl.O=C(NCC[C@H]1CCCN1)c1sccc1Br. The molecule has 1 fully saturated rings. The van der Waals surface area contributed by atoms with E-state index in [0.717, 1.165) is 28.9 Å². The van der Waals surface area contributed by atoms with Crippen molar-refractivity contribution in [1.82, 2.24) is 10.6 Å². The van der Waals surface area contributed by atoms with Crippen molar-refractivity contribution in [3.63, 3.8) is 0 Å². The highest BCUT2D eigenvalue weighted by molar-refractivity contribution is 9.10. The minimum Gasteiger partial charge on any atom is -0.351 e. The molecule has 3 nitrogen and oxygen atoms in total. The average molecular weight is 340 g/mol. The van der Waals surface area contributed by atoms with Gasteiger partial charge in [-0.2, -0.15) is 0 Å². The summed E-state index contributed by atoms with van der Waals surface area (Å²) in [7, 11) is 0. The first-order chi connectivity index (χ1) is 7.77. The van der Waals surface area contributed by atoms with Gasteiger partial charge in [0.1, 0.15) is 4.88 Å². The van der Waals surface area contributed by atoms with Gasteiger partial charge in [-0.15, -0.1) is 23.7 Å². The second-order valence-electron chi connectivity index (χ2n) is 3.94. The van der Waals surface area contributed by atoms with E-state index in [4.69, 9.17) is 0 Å². The number of rotatable bonds is 4. The van der Waals surface area contributed by atoms with E-state index in [2.05, 4.69) is 26.6 Å². The zero-order chi connectivity index (χ0) is 11.4. The van der Waals surface area contributed by atoms with Gasteiger partial charge in [-0.25, -0.2) is 0 Å². The molecular formula is C11H16BrClN2OS. The Bertz CT molecular complexity index is 366. The maximum Gasteiger partial charge on any atom is 0.262 e. The summed E-state index contributed by atoms with van der Waals surface area (Å²) in [5.74, 6) is 0.0277. The van der Waals surface area contributed by atoms with Crippen LogP contribution in [0.2, 0.25) is 0 Å². The second kappa shape index (κ2) is 7.36. The molecule has 1 saturated heterocycles. The Morgan fingerprint density at radius 2 is 2.47 bits per heavy atom. The lowest BCUT2D eigenvalue weighted by atomic mass is 10.1. The van der Waals surface area contributed by atoms with Gasteiger partial charge in [0.05, 0.1) is 0 Å². The van der Waals surface area contributed by atoms with Crippen LogP contribution < -0.4 is 10.6 Å². The third-order valence-electron chi connectivity index (χ3n) is 2.76. The molecule has 1 aliphatic rings. The molecule has 0 aliphatic carbocycles. The normalized spacial score (nSPS) is 18.8. The van der Waals surface area contributed by atoms with Gasteiger partial charge in [0.25, 0.3) is 5.91 Å². The summed E-state index contributed by atoms with van der Waals surface area (Å²) in [6, 6.07) is 2.49. The molecule has 0 radical (unpaired) electrons. The zero-order valence-corrected chi connectivity index (χ0v) is 12.6. The fraction of sp³-hybridized carbons (Fsp3) is 0.545. The molecule has 0 saturated carbocycles. The number of hydrogen-bond donors (Lipinski definition) is 2. The van der Waals surface area contributed by atoms with Crippen molar-refractivity contribution in [2.75, 3.05) is 13.1 Å². The van der Waals surface area contributed by atoms with Gasteiger partial charge in [0.15, 0.2) is 0 Å². The molecule has 17 heavy (non-hydrogen) atoms. The summed E-state index contributed by atoms with van der Waals surface area (Å²) in [6.45, 7) is 1.87.